The van der Waals surface area contributed by atoms with E-state index in [1.807, 2.05) is 6.92 Å². The first-order valence-corrected chi connectivity index (χ1v) is 5.88. The summed E-state index contributed by atoms with van der Waals surface area (Å²) in [6.07, 6.45) is 0.895. The van der Waals surface area contributed by atoms with Gasteiger partial charge in [0.25, 0.3) is 0 Å². The van der Waals surface area contributed by atoms with Crippen LogP contribution in [0.15, 0.2) is 28.7 Å². The van der Waals surface area contributed by atoms with Gasteiger partial charge in [-0.2, -0.15) is 0 Å². The molecule has 15 heavy (non-hydrogen) atoms. The largest absolute Gasteiger partial charge is 0.346 e. The topological polar surface area (TPSA) is 30.9 Å². The van der Waals surface area contributed by atoms with Crippen LogP contribution < -0.4 is 5.73 Å². The highest BCUT2D eigenvalue weighted by Gasteiger charge is 2.13. The summed E-state index contributed by atoms with van der Waals surface area (Å²) in [6.45, 7) is 2.03. The first-order valence-electron chi connectivity index (χ1n) is 5.08. The zero-order valence-electron chi connectivity index (χ0n) is 9.00. The van der Waals surface area contributed by atoms with Crippen LogP contribution in [0.1, 0.15) is 12.6 Å². The van der Waals surface area contributed by atoms with Gasteiger partial charge in [-0.25, -0.2) is 0 Å². The van der Waals surface area contributed by atoms with Crippen molar-refractivity contribution in [1.29, 1.82) is 0 Å². The number of rotatable bonds is 2. The molecule has 0 spiro atoms. The molecular weight excluding hydrogens is 252 g/mol. The normalized spacial score (nSPS) is 13.3. The van der Waals surface area contributed by atoms with Crippen LogP contribution in [-0.2, 0) is 13.5 Å². The standard InChI is InChI=1S/C12H15BrN2/c1-8(14)7-11-12(13)9-5-3-4-6-10(9)15(11)2/h3-6,8H,7,14H2,1-2H3/t8-/m0/s1. The maximum atomic E-state index is 5.85. The van der Waals surface area contributed by atoms with Crippen molar-refractivity contribution in [2.45, 2.75) is 19.4 Å². The smallest absolute Gasteiger partial charge is 0.0491 e. The van der Waals surface area contributed by atoms with Crippen LogP contribution in [-0.4, -0.2) is 10.6 Å². The fourth-order valence-electron chi connectivity index (χ4n) is 1.93. The second kappa shape index (κ2) is 3.99. The van der Waals surface area contributed by atoms with Gasteiger partial charge in [0.1, 0.15) is 0 Å². The van der Waals surface area contributed by atoms with Gasteiger partial charge >= 0.3 is 0 Å². The van der Waals surface area contributed by atoms with Crippen LogP contribution in [0, 0.1) is 0 Å². The second-order valence-corrected chi connectivity index (χ2v) is 4.81. The van der Waals surface area contributed by atoms with Crippen molar-refractivity contribution in [3.63, 3.8) is 0 Å². The van der Waals surface area contributed by atoms with Gasteiger partial charge < -0.3 is 10.3 Å². The van der Waals surface area contributed by atoms with E-state index in [2.05, 4.69) is 51.8 Å². The Bertz CT molecular complexity index is 447. The number of benzene rings is 1. The average Bonchev–Trinajstić information content (AvgIpc) is 2.44. The highest BCUT2D eigenvalue weighted by atomic mass is 79.9. The van der Waals surface area contributed by atoms with E-state index in [1.165, 1.54) is 21.1 Å². The van der Waals surface area contributed by atoms with Crippen molar-refractivity contribution in [3.8, 4) is 0 Å². The van der Waals surface area contributed by atoms with E-state index in [0.717, 1.165) is 6.42 Å². The Kier molecular flexibility index (Phi) is 2.85. The van der Waals surface area contributed by atoms with Crippen LogP contribution in [0.2, 0.25) is 0 Å². The molecule has 2 N–H and O–H groups in total. The van der Waals surface area contributed by atoms with Crippen LogP contribution in [0.25, 0.3) is 10.9 Å². The zero-order chi connectivity index (χ0) is 11.0. The zero-order valence-corrected chi connectivity index (χ0v) is 10.6. The Balaban J connectivity index is 2.64. The molecule has 1 aromatic heterocycles. The minimum atomic E-state index is 0.185. The third-order valence-electron chi connectivity index (χ3n) is 2.68. The van der Waals surface area contributed by atoms with Gasteiger partial charge in [0.05, 0.1) is 0 Å². The van der Waals surface area contributed by atoms with Crippen molar-refractivity contribution < 1.29 is 0 Å². The SMILES string of the molecule is C[C@H](N)Cc1c(Br)c2ccccc2n1C. The van der Waals surface area contributed by atoms with E-state index < -0.39 is 0 Å². The van der Waals surface area contributed by atoms with Crippen LogP contribution >= 0.6 is 15.9 Å². The van der Waals surface area contributed by atoms with Gasteiger partial charge in [0, 0.05) is 40.6 Å². The summed E-state index contributed by atoms with van der Waals surface area (Å²) in [7, 11) is 2.09. The molecule has 0 saturated heterocycles. The lowest BCUT2D eigenvalue weighted by molar-refractivity contribution is 0.694. The fraction of sp³-hybridized carbons (Fsp3) is 0.333. The number of para-hydroxylation sites is 1. The summed E-state index contributed by atoms with van der Waals surface area (Å²) in [6, 6.07) is 8.56. The van der Waals surface area contributed by atoms with E-state index in [-0.39, 0.29) is 6.04 Å². The van der Waals surface area contributed by atoms with Crippen molar-refractivity contribution >= 4 is 26.8 Å². The number of aromatic nitrogens is 1. The first-order chi connectivity index (χ1) is 7.11. The van der Waals surface area contributed by atoms with Crippen LogP contribution in [0.5, 0.6) is 0 Å². The van der Waals surface area contributed by atoms with Gasteiger partial charge in [-0.1, -0.05) is 18.2 Å². The lowest BCUT2D eigenvalue weighted by atomic mass is 10.2. The van der Waals surface area contributed by atoms with Crippen molar-refractivity contribution in [2.24, 2.45) is 12.8 Å². The number of nitrogens with zero attached hydrogens (tertiary/aromatic N) is 1. The quantitative estimate of drug-likeness (QED) is 0.891. The summed E-state index contributed by atoms with van der Waals surface area (Å²) in [5.74, 6) is 0. The van der Waals surface area contributed by atoms with E-state index in [4.69, 9.17) is 5.73 Å². The first kappa shape index (κ1) is 10.7. The molecular formula is C12H15BrN2. The predicted octanol–water partition coefficient (Wildman–Crippen LogP) is 2.83. The molecule has 2 nitrogen and oxygen atoms in total. The minimum absolute atomic E-state index is 0.185. The molecule has 2 rings (SSSR count). The second-order valence-electron chi connectivity index (χ2n) is 4.02. The Morgan fingerprint density at radius 2 is 2.07 bits per heavy atom. The van der Waals surface area contributed by atoms with E-state index in [0.29, 0.717) is 0 Å². The van der Waals surface area contributed by atoms with Gasteiger partial charge in [0.15, 0.2) is 0 Å². The Hall–Kier alpha value is -0.800. The average molecular weight is 267 g/mol. The van der Waals surface area contributed by atoms with Gasteiger partial charge in [-0.15, -0.1) is 0 Å². The van der Waals surface area contributed by atoms with Crippen LogP contribution in [0.3, 0.4) is 0 Å². The maximum absolute atomic E-state index is 5.85. The molecule has 1 aromatic carbocycles. The third kappa shape index (κ3) is 1.82. The molecule has 0 amide bonds. The molecule has 1 atom stereocenters. The minimum Gasteiger partial charge on any atom is -0.346 e. The monoisotopic (exact) mass is 266 g/mol. The molecule has 0 aliphatic rings. The van der Waals surface area contributed by atoms with Crippen molar-refractivity contribution in [3.05, 3.63) is 34.4 Å². The highest BCUT2D eigenvalue weighted by molar-refractivity contribution is 9.10. The summed E-state index contributed by atoms with van der Waals surface area (Å²) in [5.41, 5.74) is 8.37. The highest BCUT2D eigenvalue weighted by Crippen LogP contribution is 2.30. The maximum Gasteiger partial charge on any atom is 0.0491 e. The lowest BCUT2D eigenvalue weighted by Crippen LogP contribution is -2.19. The molecule has 3 heteroatoms. The molecule has 2 aromatic rings. The summed E-state index contributed by atoms with van der Waals surface area (Å²) in [5, 5.41) is 1.26. The van der Waals surface area contributed by atoms with E-state index in [9.17, 15) is 0 Å². The molecule has 0 aliphatic carbocycles. The predicted molar refractivity (Wildman–Crippen MR) is 68.0 cm³/mol. The fourth-order valence-corrected chi connectivity index (χ4v) is 2.69. The van der Waals surface area contributed by atoms with E-state index in [1.54, 1.807) is 0 Å². The molecule has 0 aliphatic heterocycles. The number of fused-ring (bicyclic) bond motifs is 1. The number of hydrogen-bond acceptors (Lipinski definition) is 1. The van der Waals surface area contributed by atoms with E-state index >= 15 is 0 Å². The Morgan fingerprint density at radius 1 is 1.40 bits per heavy atom. The molecule has 0 saturated carbocycles. The Morgan fingerprint density at radius 3 is 2.67 bits per heavy atom. The molecule has 80 valence electrons. The molecule has 0 unspecified atom stereocenters. The van der Waals surface area contributed by atoms with Gasteiger partial charge in [-0.05, 0) is 28.9 Å². The summed E-state index contributed by atoms with van der Waals surface area (Å²) in [4.78, 5) is 0. The Labute approximate surface area is 98.2 Å². The summed E-state index contributed by atoms with van der Waals surface area (Å²) < 4.78 is 3.39. The molecule has 0 radical (unpaired) electrons. The number of halogens is 1. The molecule has 0 bridgehead atoms. The van der Waals surface area contributed by atoms with Crippen LogP contribution in [0.4, 0.5) is 0 Å². The number of hydrogen-bond donors (Lipinski definition) is 1. The van der Waals surface area contributed by atoms with Crippen molar-refractivity contribution in [1.82, 2.24) is 4.57 Å². The summed E-state index contributed by atoms with van der Waals surface area (Å²) >= 11 is 3.65. The molecule has 1 heterocycles. The number of aryl methyl sites for hydroxylation is 1. The van der Waals surface area contributed by atoms with Crippen molar-refractivity contribution in [2.75, 3.05) is 0 Å². The number of nitrogens with two attached hydrogens (primary N) is 1. The van der Waals surface area contributed by atoms with Gasteiger partial charge in [0.2, 0.25) is 0 Å². The van der Waals surface area contributed by atoms with Gasteiger partial charge in [-0.3, -0.25) is 0 Å². The third-order valence-corrected chi connectivity index (χ3v) is 3.56. The lowest BCUT2D eigenvalue weighted by Gasteiger charge is -2.07. The molecule has 0 fully saturated rings.